The lowest BCUT2D eigenvalue weighted by atomic mass is 10.2. The molecule has 26 heavy (non-hydrogen) atoms. The Morgan fingerprint density at radius 1 is 1.38 bits per heavy atom. The molecular weight excluding hydrogens is 370 g/mol. The van der Waals surface area contributed by atoms with E-state index in [2.05, 4.69) is 11.6 Å². The van der Waals surface area contributed by atoms with Crippen molar-refractivity contribution in [2.75, 3.05) is 11.4 Å². The fourth-order valence-corrected chi connectivity index (χ4v) is 4.18. The highest BCUT2D eigenvalue weighted by atomic mass is 32.1. The maximum Gasteiger partial charge on any atom is 0.283 e. The Morgan fingerprint density at radius 3 is 2.73 bits per heavy atom. The highest BCUT2D eigenvalue weighted by Gasteiger charge is 2.25. The maximum atomic E-state index is 12.9. The molecule has 8 heteroatoms. The molecule has 0 spiro atoms. The van der Waals surface area contributed by atoms with Crippen LogP contribution >= 0.6 is 22.7 Å². The number of aryl methyl sites for hydroxylation is 1. The number of carbonyl (C=O) groups excluding carboxylic acids is 1. The summed E-state index contributed by atoms with van der Waals surface area (Å²) in [6.45, 7) is 5.60. The van der Waals surface area contributed by atoms with Gasteiger partial charge in [0.05, 0.1) is 20.4 Å². The van der Waals surface area contributed by atoms with Crippen molar-refractivity contribution >= 4 is 39.4 Å². The van der Waals surface area contributed by atoms with Crippen molar-refractivity contribution in [1.82, 2.24) is 4.98 Å². The van der Waals surface area contributed by atoms with Crippen LogP contribution in [0.25, 0.3) is 11.3 Å². The van der Waals surface area contributed by atoms with E-state index in [0.717, 1.165) is 22.6 Å². The molecule has 0 aliphatic heterocycles. The molecule has 0 saturated carbocycles. The number of carbonyl (C=O) groups is 1. The van der Waals surface area contributed by atoms with E-state index >= 15 is 0 Å². The van der Waals surface area contributed by atoms with Gasteiger partial charge < -0.3 is 0 Å². The van der Waals surface area contributed by atoms with Crippen LogP contribution in [0.3, 0.4) is 0 Å². The zero-order chi connectivity index (χ0) is 18.7. The van der Waals surface area contributed by atoms with E-state index in [-0.39, 0.29) is 18.1 Å². The van der Waals surface area contributed by atoms with Gasteiger partial charge in [-0.25, -0.2) is 4.98 Å². The van der Waals surface area contributed by atoms with Crippen molar-refractivity contribution in [2.45, 2.75) is 6.92 Å². The SMILES string of the molecule is C=CCN(C(=O)c1cc([N+](=O)[O-])c(C)s1)c1nc(-c2ccccc2)cs1. The van der Waals surface area contributed by atoms with Gasteiger partial charge in [0, 0.05) is 23.6 Å². The zero-order valence-corrected chi connectivity index (χ0v) is 15.5. The maximum absolute atomic E-state index is 12.9. The number of thiazole rings is 1. The molecular formula is C18H15N3O3S2. The third kappa shape index (κ3) is 3.56. The van der Waals surface area contributed by atoms with Gasteiger partial charge in [-0.3, -0.25) is 19.8 Å². The molecule has 2 heterocycles. The summed E-state index contributed by atoms with van der Waals surface area (Å²) in [7, 11) is 0. The van der Waals surface area contributed by atoms with Crippen LogP contribution in [0.15, 0.2) is 54.4 Å². The molecule has 0 N–H and O–H groups in total. The largest absolute Gasteiger partial charge is 0.283 e. The van der Waals surface area contributed by atoms with Gasteiger partial charge in [0.15, 0.2) is 5.13 Å². The molecule has 0 aliphatic rings. The molecule has 0 atom stereocenters. The minimum atomic E-state index is -0.475. The average molecular weight is 385 g/mol. The fraction of sp³-hybridized carbons (Fsp3) is 0.111. The monoisotopic (exact) mass is 385 g/mol. The van der Waals surface area contributed by atoms with E-state index in [9.17, 15) is 14.9 Å². The second-order valence-electron chi connectivity index (χ2n) is 5.39. The van der Waals surface area contributed by atoms with Crippen LogP contribution < -0.4 is 4.90 Å². The second kappa shape index (κ2) is 7.59. The predicted octanol–water partition coefficient (Wildman–Crippen LogP) is 4.92. The smallest absolute Gasteiger partial charge is 0.279 e. The molecule has 0 bridgehead atoms. The topological polar surface area (TPSA) is 76.3 Å². The second-order valence-corrected chi connectivity index (χ2v) is 7.49. The van der Waals surface area contributed by atoms with Crippen LogP contribution in [-0.4, -0.2) is 22.4 Å². The fourth-order valence-electron chi connectivity index (χ4n) is 2.40. The highest BCUT2D eigenvalue weighted by molar-refractivity contribution is 7.15. The number of thiophene rings is 1. The molecule has 3 rings (SSSR count). The Labute approximate surface area is 158 Å². The minimum absolute atomic E-state index is 0.0407. The first-order chi connectivity index (χ1) is 12.5. The standard InChI is InChI=1S/C18H15N3O3S2/c1-3-9-20(17(22)16-10-15(21(23)24)12(2)26-16)18-19-14(11-25-18)13-7-5-4-6-8-13/h3-8,10-11H,1,9H2,2H3. The van der Waals surface area contributed by atoms with Gasteiger partial charge >= 0.3 is 0 Å². The van der Waals surface area contributed by atoms with Crippen molar-refractivity contribution in [1.29, 1.82) is 0 Å². The first-order valence-electron chi connectivity index (χ1n) is 7.69. The molecule has 6 nitrogen and oxygen atoms in total. The molecule has 0 fully saturated rings. The van der Waals surface area contributed by atoms with Gasteiger partial charge in [0.2, 0.25) is 0 Å². The number of hydrogen-bond donors (Lipinski definition) is 0. The summed E-state index contributed by atoms with van der Waals surface area (Å²) in [6, 6.07) is 11.0. The number of nitrogens with zero attached hydrogens (tertiary/aromatic N) is 3. The molecule has 0 unspecified atom stereocenters. The molecule has 0 radical (unpaired) electrons. The van der Waals surface area contributed by atoms with Gasteiger partial charge in [-0.15, -0.1) is 29.3 Å². The van der Waals surface area contributed by atoms with E-state index in [1.807, 2.05) is 35.7 Å². The third-order valence-electron chi connectivity index (χ3n) is 3.65. The van der Waals surface area contributed by atoms with Crippen molar-refractivity contribution in [3.05, 3.63) is 74.3 Å². The van der Waals surface area contributed by atoms with Gasteiger partial charge in [-0.2, -0.15) is 0 Å². The number of hydrogen-bond acceptors (Lipinski definition) is 6. The Hall–Kier alpha value is -2.84. The molecule has 1 aromatic carbocycles. The number of aromatic nitrogens is 1. The van der Waals surface area contributed by atoms with Gasteiger partial charge in [0.25, 0.3) is 11.6 Å². The normalized spacial score (nSPS) is 10.5. The van der Waals surface area contributed by atoms with Crippen molar-refractivity contribution in [3.63, 3.8) is 0 Å². The molecule has 132 valence electrons. The summed E-state index contributed by atoms with van der Waals surface area (Å²) < 4.78 is 0. The molecule has 0 saturated heterocycles. The number of nitro groups is 1. The summed E-state index contributed by atoms with van der Waals surface area (Å²) in [5, 5.41) is 13.5. The van der Waals surface area contributed by atoms with Gasteiger partial charge in [-0.05, 0) is 6.92 Å². The van der Waals surface area contributed by atoms with E-state index in [1.54, 1.807) is 13.0 Å². The lowest BCUT2D eigenvalue weighted by Gasteiger charge is -2.16. The zero-order valence-electron chi connectivity index (χ0n) is 13.9. The number of amides is 1. The van der Waals surface area contributed by atoms with E-state index in [0.29, 0.717) is 14.9 Å². The van der Waals surface area contributed by atoms with Crippen LogP contribution in [0.4, 0.5) is 10.8 Å². The van der Waals surface area contributed by atoms with Crippen molar-refractivity contribution in [3.8, 4) is 11.3 Å². The van der Waals surface area contributed by atoms with Crippen LogP contribution in [0.5, 0.6) is 0 Å². The predicted molar refractivity (Wildman–Crippen MR) is 105 cm³/mol. The Bertz CT molecular complexity index is 963. The van der Waals surface area contributed by atoms with Crippen LogP contribution in [0.2, 0.25) is 0 Å². The minimum Gasteiger partial charge on any atom is -0.279 e. The lowest BCUT2D eigenvalue weighted by molar-refractivity contribution is -0.385. The Morgan fingerprint density at radius 2 is 2.12 bits per heavy atom. The molecule has 1 amide bonds. The van der Waals surface area contributed by atoms with Gasteiger partial charge in [-0.1, -0.05) is 36.4 Å². The first-order valence-corrected chi connectivity index (χ1v) is 9.39. The van der Waals surface area contributed by atoms with E-state index < -0.39 is 4.92 Å². The van der Waals surface area contributed by atoms with Crippen LogP contribution in [0.1, 0.15) is 14.5 Å². The summed E-state index contributed by atoms with van der Waals surface area (Å²) in [5.41, 5.74) is 1.70. The lowest BCUT2D eigenvalue weighted by Crippen LogP contribution is -2.30. The Kier molecular flexibility index (Phi) is 5.24. The summed E-state index contributed by atoms with van der Waals surface area (Å²) >= 11 is 2.46. The summed E-state index contributed by atoms with van der Waals surface area (Å²) in [6.07, 6.45) is 1.61. The number of rotatable bonds is 6. The highest BCUT2D eigenvalue weighted by Crippen LogP contribution is 2.32. The summed E-state index contributed by atoms with van der Waals surface area (Å²) in [5.74, 6) is -0.319. The first kappa shape index (κ1) is 18.0. The number of benzene rings is 1. The Balaban J connectivity index is 1.93. The van der Waals surface area contributed by atoms with Gasteiger partial charge in [0.1, 0.15) is 0 Å². The van der Waals surface area contributed by atoms with Crippen LogP contribution in [0, 0.1) is 17.0 Å². The molecule has 0 aliphatic carbocycles. The van der Waals surface area contributed by atoms with E-state index in [4.69, 9.17) is 0 Å². The quantitative estimate of drug-likeness (QED) is 0.343. The number of anilines is 1. The van der Waals surface area contributed by atoms with E-state index in [1.165, 1.54) is 22.3 Å². The third-order valence-corrected chi connectivity index (χ3v) is 5.54. The van der Waals surface area contributed by atoms with Crippen LogP contribution in [-0.2, 0) is 0 Å². The summed E-state index contributed by atoms with van der Waals surface area (Å²) in [4.78, 5) is 30.3. The van der Waals surface area contributed by atoms with Crippen molar-refractivity contribution in [2.24, 2.45) is 0 Å². The molecule has 3 aromatic rings. The van der Waals surface area contributed by atoms with Crippen molar-refractivity contribution < 1.29 is 9.72 Å². The average Bonchev–Trinajstić information content (AvgIpc) is 3.27. The molecule has 2 aromatic heterocycles.